The molecular weight excluding hydrogens is 294 g/mol. The number of halogens is 1. The molecule has 1 nitrogen and oxygen atoms in total. The Morgan fingerprint density at radius 3 is 2.82 bits per heavy atom. The van der Waals surface area contributed by atoms with E-state index < -0.39 is 0 Å². The topological polar surface area (TPSA) is 12.0 Å². The van der Waals surface area contributed by atoms with Crippen LogP contribution in [0.25, 0.3) is 0 Å². The maximum absolute atomic E-state index is 3.71. The van der Waals surface area contributed by atoms with Gasteiger partial charge in [-0.2, -0.15) is 11.3 Å². The molecule has 1 aromatic rings. The first-order valence-corrected chi connectivity index (χ1v) is 8.48. The second-order valence-electron chi connectivity index (χ2n) is 4.99. The van der Waals surface area contributed by atoms with E-state index in [4.69, 9.17) is 0 Å². The van der Waals surface area contributed by atoms with Gasteiger partial charge in [0.2, 0.25) is 0 Å². The van der Waals surface area contributed by atoms with E-state index in [0.717, 1.165) is 18.4 Å². The van der Waals surface area contributed by atoms with Crippen molar-refractivity contribution >= 4 is 27.3 Å². The Bertz CT molecular complexity index is 337. The second-order valence-corrected chi connectivity index (χ2v) is 6.59. The van der Waals surface area contributed by atoms with Crippen molar-refractivity contribution in [3.63, 3.8) is 0 Å². The van der Waals surface area contributed by atoms with E-state index >= 15 is 0 Å². The number of nitrogens with one attached hydrogen (secondary N) is 1. The summed E-state index contributed by atoms with van der Waals surface area (Å²) in [7, 11) is 0. The summed E-state index contributed by atoms with van der Waals surface area (Å²) in [5.74, 6) is 1.58. The van der Waals surface area contributed by atoms with Crippen molar-refractivity contribution in [1.29, 1.82) is 0 Å². The highest BCUT2D eigenvalue weighted by atomic mass is 79.9. The van der Waals surface area contributed by atoms with Gasteiger partial charge in [-0.25, -0.2) is 0 Å². The van der Waals surface area contributed by atoms with Crippen LogP contribution >= 0.6 is 27.3 Å². The van der Waals surface area contributed by atoms with Crippen LogP contribution < -0.4 is 5.32 Å². The minimum absolute atomic E-state index is 0.761. The second kappa shape index (κ2) is 6.91. The van der Waals surface area contributed by atoms with E-state index in [-0.39, 0.29) is 0 Å². The molecule has 96 valence electrons. The Hall–Kier alpha value is 0.140. The molecule has 0 aliphatic heterocycles. The maximum atomic E-state index is 3.71. The third kappa shape index (κ3) is 3.55. The Morgan fingerprint density at radius 1 is 1.29 bits per heavy atom. The largest absolute Gasteiger partial charge is 0.317 e. The SMILES string of the molecule is CCNCC1CCCCCC1c1cscc1Br. The van der Waals surface area contributed by atoms with Crippen molar-refractivity contribution in [3.05, 3.63) is 20.8 Å². The molecule has 2 unspecified atom stereocenters. The zero-order chi connectivity index (χ0) is 12.1. The van der Waals surface area contributed by atoms with Crippen molar-refractivity contribution in [2.75, 3.05) is 13.1 Å². The molecule has 0 amide bonds. The molecule has 1 aliphatic carbocycles. The molecule has 3 heteroatoms. The third-order valence-corrected chi connectivity index (χ3v) is 5.61. The summed E-state index contributed by atoms with van der Waals surface area (Å²) in [5, 5.41) is 8.12. The molecule has 1 fully saturated rings. The minimum atomic E-state index is 0.761. The number of thiophene rings is 1. The summed E-state index contributed by atoms with van der Waals surface area (Å²) < 4.78 is 1.33. The summed E-state index contributed by atoms with van der Waals surface area (Å²) >= 11 is 5.54. The number of rotatable bonds is 4. The van der Waals surface area contributed by atoms with Crippen LogP contribution in [-0.2, 0) is 0 Å². The van der Waals surface area contributed by atoms with Crippen molar-refractivity contribution < 1.29 is 0 Å². The van der Waals surface area contributed by atoms with Crippen LogP contribution in [0.2, 0.25) is 0 Å². The van der Waals surface area contributed by atoms with Gasteiger partial charge >= 0.3 is 0 Å². The van der Waals surface area contributed by atoms with E-state index in [2.05, 4.69) is 38.9 Å². The van der Waals surface area contributed by atoms with E-state index in [0.29, 0.717) is 0 Å². The average Bonchev–Trinajstić information content (AvgIpc) is 2.63. The van der Waals surface area contributed by atoms with Gasteiger partial charge in [-0.1, -0.05) is 26.2 Å². The predicted molar refractivity (Wildman–Crippen MR) is 79.9 cm³/mol. The lowest BCUT2D eigenvalue weighted by atomic mass is 9.83. The van der Waals surface area contributed by atoms with Crippen LogP contribution in [-0.4, -0.2) is 13.1 Å². The van der Waals surface area contributed by atoms with E-state index in [1.54, 1.807) is 5.56 Å². The fourth-order valence-electron chi connectivity index (χ4n) is 2.92. The Balaban J connectivity index is 2.11. The summed E-state index contributed by atoms with van der Waals surface area (Å²) in [6.45, 7) is 4.48. The molecule has 0 saturated heterocycles. The van der Waals surface area contributed by atoms with Gasteiger partial charge in [0.05, 0.1) is 0 Å². The summed E-state index contributed by atoms with van der Waals surface area (Å²) in [4.78, 5) is 0. The highest BCUT2D eigenvalue weighted by Gasteiger charge is 2.26. The summed E-state index contributed by atoms with van der Waals surface area (Å²) in [5.41, 5.74) is 1.56. The van der Waals surface area contributed by atoms with Crippen molar-refractivity contribution in [2.45, 2.75) is 44.9 Å². The van der Waals surface area contributed by atoms with Crippen LogP contribution in [0.3, 0.4) is 0 Å². The maximum Gasteiger partial charge on any atom is 0.0317 e. The lowest BCUT2D eigenvalue weighted by molar-refractivity contribution is 0.378. The van der Waals surface area contributed by atoms with Gasteiger partial charge in [-0.05, 0) is 64.6 Å². The van der Waals surface area contributed by atoms with Crippen molar-refractivity contribution in [2.24, 2.45) is 5.92 Å². The van der Waals surface area contributed by atoms with Crippen molar-refractivity contribution in [1.82, 2.24) is 5.32 Å². The first-order chi connectivity index (χ1) is 8.33. The van der Waals surface area contributed by atoms with Crippen LogP contribution in [0.4, 0.5) is 0 Å². The highest BCUT2D eigenvalue weighted by Crippen LogP contribution is 2.40. The van der Waals surface area contributed by atoms with Gasteiger partial charge in [0, 0.05) is 9.85 Å². The van der Waals surface area contributed by atoms with Crippen LogP contribution in [0.1, 0.15) is 50.5 Å². The smallest absolute Gasteiger partial charge is 0.0317 e. The highest BCUT2D eigenvalue weighted by molar-refractivity contribution is 9.10. The Labute approximate surface area is 117 Å². The first kappa shape index (κ1) is 13.6. The van der Waals surface area contributed by atoms with E-state index in [1.807, 2.05) is 11.3 Å². The number of hydrogen-bond donors (Lipinski definition) is 1. The summed E-state index contributed by atoms with van der Waals surface area (Å²) in [6, 6.07) is 0. The monoisotopic (exact) mass is 315 g/mol. The van der Waals surface area contributed by atoms with Gasteiger partial charge in [-0.3, -0.25) is 0 Å². The molecule has 1 aromatic heterocycles. The van der Waals surface area contributed by atoms with Gasteiger partial charge in [0.25, 0.3) is 0 Å². The predicted octanol–water partition coefficient (Wildman–Crippen LogP) is 4.78. The summed E-state index contributed by atoms with van der Waals surface area (Å²) in [6.07, 6.45) is 6.98. The fraction of sp³-hybridized carbons (Fsp3) is 0.714. The quantitative estimate of drug-likeness (QED) is 0.788. The molecule has 1 aliphatic rings. The molecule has 0 bridgehead atoms. The Morgan fingerprint density at radius 2 is 2.12 bits per heavy atom. The molecule has 0 radical (unpaired) electrons. The van der Waals surface area contributed by atoms with Crippen LogP contribution in [0.15, 0.2) is 15.2 Å². The molecule has 2 atom stereocenters. The normalized spacial score (nSPS) is 25.8. The molecule has 17 heavy (non-hydrogen) atoms. The lowest BCUT2D eigenvalue weighted by Gasteiger charge is -2.25. The Kier molecular flexibility index (Phi) is 5.51. The average molecular weight is 316 g/mol. The van der Waals surface area contributed by atoms with E-state index in [1.165, 1.54) is 43.1 Å². The standard InChI is InChI=1S/C14H22BrNS/c1-2-16-8-11-6-4-3-5-7-12(11)13-9-17-10-14(13)15/h9-12,16H,2-8H2,1H3. The van der Waals surface area contributed by atoms with Crippen LogP contribution in [0.5, 0.6) is 0 Å². The molecule has 1 heterocycles. The van der Waals surface area contributed by atoms with Crippen LogP contribution in [0, 0.1) is 5.92 Å². The molecule has 0 spiro atoms. The van der Waals surface area contributed by atoms with E-state index in [9.17, 15) is 0 Å². The van der Waals surface area contributed by atoms with Gasteiger partial charge in [0.1, 0.15) is 0 Å². The van der Waals surface area contributed by atoms with Gasteiger partial charge in [-0.15, -0.1) is 0 Å². The lowest BCUT2D eigenvalue weighted by Crippen LogP contribution is -2.26. The fourth-order valence-corrected chi connectivity index (χ4v) is 4.58. The van der Waals surface area contributed by atoms with Crippen molar-refractivity contribution in [3.8, 4) is 0 Å². The molecule has 0 aromatic carbocycles. The molecule has 1 N–H and O–H groups in total. The van der Waals surface area contributed by atoms with Gasteiger partial charge < -0.3 is 5.32 Å². The third-order valence-electron chi connectivity index (χ3n) is 3.86. The zero-order valence-electron chi connectivity index (χ0n) is 10.5. The molecular formula is C14H22BrNS. The minimum Gasteiger partial charge on any atom is -0.317 e. The molecule has 2 rings (SSSR count). The van der Waals surface area contributed by atoms with Gasteiger partial charge in [0.15, 0.2) is 0 Å². The first-order valence-electron chi connectivity index (χ1n) is 6.75. The number of hydrogen-bond acceptors (Lipinski definition) is 2. The zero-order valence-corrected chi connectivity index (χ0v) is 12.9. The molecule has 1 saturated carbocycles.